The number of rotatable bonds is 5. The van der Waals surface area contributed by atoms with Gasteiger partial charge in [0, 0.05) is 6.07 Å². The van der Waals surface area contributed by atoms with Crippen LogP contribution in [0.3, 0.4) is 0 Å². The molecule has 2 N–H and O–H groups in total. The molecule has 0 aliphatic heterocycles. The van der Waals surface area contributed by atoms with Crippen molar-refractivity contribution in [3.05, 3.63) is 42.7 Å². The molecule has 8 heteroatoms. The van der Waals surface area contributed by atoms with E-state index in [0.29, 0.717) is 28.2 Å². The van der Waals surface area contributed by atoms with Gasteiger partial charge in [-0.15, -0.1) is 0 Å². The van der Waals surface area contributed by atoms with Crippen molar-refractivity contribution in [2.45, 2.75) is 4.90 Å². The van der Waals surface area contributed by atoms with Gasteiger partial charge in [-0.25, -0.2) is 13.4 Å². The van der Waals surface area contributed by atoms with Gasteiger partial charge in [-0.1, -0.05) is 0 Å². The Morgan fingerprint density at radius 3 is 2.57 bits per heavy atom. The lowest BCUT2D eigenvalue weighted by atomic mass is 10.3. The largest absolute Gasteiger partial charge is 0.493 e. The van der Waals surface area contributed by atoms with Gasteiger partial charge in [-0.2, -0.15) is 0 Å². The lowest BCUT2D eigenvalue weighted by Gasteiger charge is -2.12. The van der Waals surface area contributed by atoms with E-state index in [0.717, 1.165) is 0 Å². The van der Waals surface area contributed by atoms with Crippen LogP contribution in [-0.4, -0.2) is 32.6 Å². The van der Waals surface area contributed by atoms with Gasteiger partial charge in [0.15, 0.2) is 11.5 Å². The van der Waals surface area contributed by atoms with E-state index >= 15 is 0 Å². The second-order valence-electron chi connectivity index (χ2n) is 4.76. The van der Waals surface area contributed by atoms with Gasteiger partial charge in [0.25, 0.3) is 10.0 Å². The van der Waals surface area contributed by atoms with Crippen molar-refractivity contribution >= 4 is 26.7 Å². The lowest BCUT2D eigenvalue weighted by molar-refractivity contribution is 0.355. The molecule has 0 saturated carbocycles. The summed E-state index contributed by atoms with van der Waals surface area (Å²) in [4.78, 5) is 7.10. The normalized spacial score (nSPS) is 11.4. The highest BCUT2D eigenvalue weighted by Gasteiger charge is 2.16. The first kappa shape index (κ1) is 15.2. The van der Waals surface area contributed by atoms with E-state index < -0.39 is 10.0 Å². The molecule has 0 radical (unpaired) electrons. The highest BCUT2D eigenvalue weighted by molar-refractivity contribution is 7.92. The summed E-state index contributed by atoms with van der Waals surface area (Å²) >= 11 is 0. The van der Waals surface area contributed by atoms with Crippen LogP contribution >= 0.6 is 0 Å². The van der Waals surface area contributed by atoms with Crippen LogP contribution in [0.4, 0.5) is 5.69 Å². The Kier molecular flexibility index (Phi) is 3.83. The van der Waals surface area contributed by atoms with Crippen LogP contribution in [0.15, 0.2) is 47.6 Å². The number of nitrogens with one attached hydrogen (secondary N) is 2. The number of benzene rings is 2. The van der Waals surface area contributed by atoms with Crippen LogP contribution in [0, 0.1) is 0 Å². The average molecular weight is 333 g/mol. The van der Waals surface area contributed by atoms with Crippen LogP contribution < -0.4 is 14.2 Å². The van der Waals surface area contributed by atoms with Gasteiger partial charge < -0.3 is 14.5 Å². The minimum Gasteiger partial charge on any atom is -0.493 e. The molecule has 0 amide bonds. The maximum atomic E-state index is 12.5. The molecule has 0 bridgehead atoms. The van der Waals surface area contributed by atoms with Crippen LogP contribution in [0.5, 0.6) is 11.5 Å². The second kappa shape index (κ2) is 5.81. The minimum atomic E-state index is -3.72. The molecule has 3 rings (SSSR count). The quantitative estimate of drug-likeness (QED) is 0.748. The lowest BCUT2D eigenvalue weighted by Crippen LogP contribution is -2.13. The Labute approximate surface area is 133 Å². The number of H-pyrrole nitrogens is 1. The van der Waals surface area contributed by atoms with Crippen LogP contribution in [0.2, 0.25) is 0 Å². The number of anilines is 1. The van der Waals surface area contributed by atoms with Crippen LogP contribution in [0.1, 0.15) is 0 Å². The highest BCUT2D eigenvalue weighted by Crippen LogP contribution is 2.30. The zero-order chi connectivity index (χ0) is 16.4. The third-order valence-electron chi connectivity index (χ3n) is 3.34. The fourth-order valence-corrected chi connectivity index (χ4v) is 3.27. The molecule has 0 spiro atoms. The van der Waals surface area contributed by atoms with Crippen molar-refractivity contribution in [1.82, 2.24) is 9.97 Å². The highest BCUT2D eigenvalue weighted by atomic mass is 32.2. The van der Waals surface area contributed by atoms with Crippen molar-refractivity contribution in [1.29, 1.82) is 0 Å². The maximum Gasteiger partial charge on any atom is 0.261 e. The number of ether oxygens (including phenoxy) is 2. The van der Waals surface area contributed by atoms with Gasteiger partial charge in [0.2, 0.25) is 0 Å². The zero-order valence-corrected chi connectivity index (χ0v) is 13.3. The number of nitrogens with zero attached hydrogens (tertiary/aromatic N) is 1. The summed E-state index contributed by atoms with van der Waals surface area (Å²) in [6, 6.07) is 9.49. The van der Waals surface area contributed by atoms with Gasteiger partial charge in [-0.05, 0) is 30.3 Å². The van der Waals surface area contributed by atoms with E-state index in [1.54, 1.807) is 24.3 Å². The minimum absolute atomic E-state index is 0.143. The topological polar surface area (TPSA) is 93.3 Å². The first-order valence-corrected chi connectivity index (χ1v) is 8.20. The summed E-state index contributed by atoms with van der Waals surface area (Å²) in [5.74, 6) is 0.964. The van der Waals surface area contributed by atoms with Crippen molar-refractivity contribution in [3.63, 3.8) is 0 Å². The molecule has 2 aromatic carbocycles. The standard InChI is InChI=1S/C15H15N3O4S/c1-21-14-6-3-10(7-15(14)22-2)18-23(19,20)11-4-5-12-13(8-11)17-9-16-12/h3-9,18H,1-2H3,(H,16,17). The van der Waals surface area contributed by atoms with Gasteiger partial charge in [0.05, 0.1) is 42.2 Å². The number of hydrogen-bond acceptors (Lipinski definition) is 5. The third-order valence-corrected chi connectivity index (χ3v) is 4.72. The van der Waals surface area contributed by atoms with E-state index in [4.69, 9.17) is 9.47 Å². The zero-order valence-electron chi connectivity index (χ0n) is 12.5. The fraction of sp³-hybridized carbons (Fsp3) is 0.133. The van der Waals surface area contributed by atoms with E-state index in [9.17, 15) is 8.42 Å². The molecular formula is C15H15N3O4S. The number of sulfonamides is 1. The van der Waals surface area contributed by atoms with Crippen LogP contribution in [-0.2, 0) is 10.0 Å². The van der Waals surface area contributed by atoms with Gasteiger partial charge in [-0.3, -0.25) is 4.72 Å². The Morgan fingerprint density at radius 1 is 1.04 bits per heavy atom. The molecular weight excluding hydrogens is 318 g/mol. The molecule has 23 heavy (non-hydrogen) atoms. The van der Waals surface area contributed by atoms with Crippen molar-refractivity contribution < 1.29 is 17.9 Å². The predicted octanol–water partition coefficient (Wildman–Crippen LogP) is 2.38. The summed E-state index contributed by atoms with van der Waals surface area (Å²) in [7, 11) is -0.718. The fourth-order valence-electron chi connectivity index (χ4n) is 2.20. The van der Waals surface area contributed by atoms with Crippen molar-refractivity contribution in [2.24, 2.45) is 0 Å². The molecule has 3 aromatic rings. The predicted molar refractivity (Wildman–Crippen MR) is 86.4 cm³/mol. The molecule has 1 heterocycles. The maximum absolute atomic E-state index is 12.5. The van der Waals surface area contributed by atoms with E-state index in [2.05, 4.69) is 14.7 Å². The smallest absolute Gasteiger partial charge is 0.261 e. The molecule has 120 valence electrons. The van der Waals surface area contributed by atoms with Crippen molar-refractivity contribution in [3.8, 4) is 11.5 Å². The molecule has 0 saturated heterocycles. The Hall–Kier alpha value is -2.74. The molecule has 0 unspecified atom stereocenters. The average Bonchev–Trinajstić information content (AvgIpc) is 3.02. The molecule has 1 aromatic heterocycles. The number of imidazole rings is 1. The number of fused-ring (bicyclic) bond motifs is 1. The number of aromatic nitrogens is 2. The Morgan fingerprint density at radius 2 is 1.83 bits per heavy atom. The van der Waals surface area contributed by atoms with E-state index in [1.807, 2.05) is 0 Å². The Balaban J connectivity index is 1.94. The molecule has 0 fully saturated rings. The number of hydrogen-bond donors (Lipinski definition) is 2. The second-order valence-corrected chi connectivity index (χ2v) is 6.44. The summed E-state index contributed by atoms with van der Waals surface area (Å²) in [5, 5.41) is 0. The SMILES string of the molecule is COc1ccc(NS(=O)(=O)c2ccc3nc[nH]c3c2)cc1OC. The first-order chi connectivity index (χ1) is 11.0. The summed E-state index contributed by atoms with van der Waals surface area (Å²) in [6.45, 7) is 0. The number of aromatic amines is 1. The molecule has 0 atom stereocenters. The molecule has 0 aliphatic carbocycles. The molecule has 0 aliphatic rings. The van der Waals surface area contributed by atoms with Gasteiger partial charge >= 0.3 is 0 Å². The Bertz CT molecular complexity index is 950. The monoisotopic (exact) mass is 333 g/mol. The molecule has 7 nitrogen and oxygen atoms in total. The van der Waals surface area contributed by atoms with Gasteiger partial charge in [0.1, 0.15) is 0 Å². The van der Waals surface area contributed by atoms with Crippen molar-refractivity contribution in [2.75, 3.05) is 18.9 Å². The van der Waals surface area contributed by atoms with E-state index in [1.165, 1.54) is 32.7 Å². The van der Waals surface area contributed by atoms with Crippen LogP contribution in [0.25, 0.3) is 11.0 Å². The summed E-state index contributed by atoms with van der Waals surface area (Å²) in [5.41, 5.74) is 1.74. The summed E-state index contributed by atoms with van der Waals surface area (Å²) in [6.07, 6.45) is 1.52. The van der Waals surface area contributed by atoms with E-state index in [-0.39, 0.29) is 4.90 Å². The first-order valence-electron chi connectivity index (χ1n) is 6.71. The third kappa shape index (κ3) is 2.93. The number of methoxy groups -OCH3 is 2. The summed E-state index contributed by atoms with van der Waals surface area (Å²) < 4.78 is 37.8.